The summed E-state index contributed by atoms with van der Waals surface area (Å²) < 4.78 is 33.0. The number of benzene rings is 2. The van der Waals surface area contributed by atoms with Crippen LogP contribution >= 0.6 is 0 Å². The van der Waals surface area contributed by atoms with Crippen LogP contribution in [-0.2, 0) is 21.2 Å². The Bertz CT molecular complexity index is 864. The summed E-state index contributed by atoms with van der Waals surface area (Å²) in [6.45, 7) is 6.10. The highest BCUT2D eigenvalue weighted by atomic mass is 32.2. The number of nitrogens with zero attached hydrogens (tertiary/aromatic N) is 1. The number of rotatable bonds is 9. The maximum Gasteiger partial charge on any atom is 0.240 e. The summed E-state index contributed by atoms with van der Waals surface area (Å²) in [5, 5.41) is 0. The molecule has 1 N–H and O–H groups in total. The molecule has 6 nitrogen and oxygen atoms in total. The summed E-state index contributed by atoms with van der Waals surface area (Å²) in [6.07, 6.45) is 0.848. The van der Waals surface area contributed by atoms with Crippen molar-refractivity contribution in [3.8, 4) is 5.75 Å². The van der Waals surface area contributed by atoms with Crippen LogP contribution in [0.4, 0.5) is 5.69 Å². The van der Waals surface area contributed by atoms with E-state index in [4.69, 9.17) is 4.74 Å². The summed E-state index contributed by atoms with van der Waals surface area (Å²) >= 11 is 0. The lowest BCUT2D eigenvalue weighted by atomic mass is 10.2. The molecule has 0 saturated carbocycles. The Labute approximate surface area is 161 Å². The van der Waals surface area contributed by atoms with Gasteiger partial charge in [-0.05, 0) is 43.2 Å². The lowest BCUT2D eigenvalue weighted by molar-refractivity contribution is -0.116. The van der Waals surface area contributed by atoms with Crippen molar-refractivity contribution in [1.82, 2.24) is 4.72 Å². The van der Waals surface area contributed by atoms with E-state index in [1.54, 1.807) is 36.4 Å². The first-order chi connectivity index (χ1) is 12.9. The second-order valence-corrected chi connectivity index (χ2v) is 7.73. The molecular weight excluding hydrogens is 364 g/mol. The number of aryl methyl sites for hydroxylation is 1. The number of carbonyl (C=O) groups is 1. The van der Waals surface area contributed by atoms with Crippen molar-refractivity contribution in [2.24, 2.45) is 0 Å². The van der Waals surface area contributed by atoms with Gasteiger partial charge in [0.15, 0.2) is 0 Å². The molecule has 0 heterocycles. The lowest BCUT2D eigenvalue weighted by Crippen LogP contribution is -2.37. The summed E-state index contributed by atoms with van der Waals surface area (Å²) in [7, 11) is -3.63. The molecule has 2 aromatic rings. The molecule has 0 aliphatic heterocycles. The van der Waals surface area contributed by atoms with E-state index in [2.05, 4.69) is 4.72 Å². The Hall–Kier alpha value is -2.38. The van der Waals surface area contributed by atoms with Crippen molar-refractivity contribution in [3.05, 3.63) is 54.1 Å². The molecular formula is C20H26N2O4S. The van der Waals surface area contributed by atoms with Crippen LogP contribution in [0.1, 0.15) is 26.3 Å². The molecule has 0 aromatic heterocycles. The number of para-hydroxylation sites is 2. The van der Waals surface area contributed by atoms with Gasteiger partial charge in [0.1, 0.15) is 5.75 Å². The highest BCUT2D eigenvalue weighted by Crippen LogP contribution is 2.28. The van der Waals surface area contributed by atoms with Crippen LogP contribution < -0.4 is 14.4 Å². The molecule has 0 aliphatic rings. The number of carbonyl (C=O) groups excluding carboxylic acids is 1. The highest BCUT2D eigenvalue weighted by molar-refractivity contribution is 7.89. The molecule has 0 fully saturated rings. The van der Waals surface area contributed by atoms with E-state index in [0.29, 0.717) is 18.0 Å². The lowest BCUT2D eigenvalue weighted by Gasteiger charge is -2.23. The van der Waals surface area contributed by atoms with Gasteiger partial charge in [-0.2, -0.15) is 0 Å². The second kappa shape index (κ2) is 9.53. The van der Waals surface area contributed by atoms with Crippen molar-refractivity contribution in [3.63, 3.8) is 0 Å². The molecule has 0 aliphatic carbocycles. The fraction of sp³-hybridized carbons (Fsp3) is 0.350. The van der Waals surface area contributed by atoms with Crippen LogP contribution in [-0.4, -0.2) is 34.0 Å². The Morgan fingerprint density at radius 2 is 1.74 bits per heavy atom. The van der Waals surface area contributed by atoms with Gasteiger partial charge in [-0.3, -0.25) is 4.79 Å². The van der Waals surface area contributed by atoms with Crippen LogP contribution in [0.25, 0.3) is 0 Å². The third-order valence-electron chi connectivity index (χ3n) is 4.11. The van der Waals surface area contributed by atoms with Crippen molar-refractivity contribution >= 4 is 21.6 Å². The van der Waals surface area contributed by atoms with Gasteiger partial charge in [-0.15, -0.1) is 0 Å². The Balaban J connectivity index is 2.09. The number of nitrogens with one attached hydrogen (secondary N) is 1. The average molecular weight is 391 g/mol. The summed E-state index contributed by atoms with van der Waals surface area (Å²) in [6, 6.07) is 14.0. The monoisotopic (exact) mass is 390 g/mol. The number of hydrogen-bond acceptors (Lipinski definition) is 4. The third-order valence-corrected chi connectivity index (χ3v) is 5.58. The van der Waals surface area contributed by atoms with E-state index in [-0.39, 0.29) is 23.9 Å². The molecule has 2 aromatic carbocycles. The van der Waals surface area contributed by atoms with Crippen molar-refractivity contribution in [1.29, 1.82) is 0 Å². The van der Waals surface area contributed by atoms with Crippen molar-refractivity contribution < 1.29 is 17.9 Å². The minimum atomic E-state index is -3.63. The van der Waals surface area contributed by atoms with E-state index < -0.39 is 10.0 Å². The van der Waals surface area contributed by atoms with Gasteiger partial charge < -0.3 is 9.64 Å². The molecule has 0 unspecified atom stereocenters. The summed E-state index contributed by atoms with van der Waals surface area (Å²) in [5.74, 6) is 0.405. The van der Waals surface area contributed by atoms with Crippen LogP contribution in [0.5, 0.6) is 5.75 Å². The fourth-order valence-corrected chi connectivity index (χ4v) is 3.71. The SMILES string of the molecule is CCOc1ccccc1N(CCNS(=O)(=O)c1ccc(CC)cc1)C(C)=O. The summed E-state index contributed by atoms with van der Waals surface area (Å²) in [5.41, 5.74) is 1.70. The predicted octanol–water partition coefficient (Wildman–Crippen LogP) is 2.98. The maximum atomic E-state index is 12.4. The Kier molecular flexibility index (Phi) is 7.38. The fourth-order valence-electron chi connectivity index (χ4n) is 2.68. The van der Waals surface area contributed by atoms with E-state index in [1.165, 1.54) is 11.8 Å². The number of amides is 1. The van der Waals surface area contributed by atoms with E-state index in [1.807, 2.05) is 26.0 Å². The topological polar surface area (TPSA) is 75.7 Å². The van der Waals surface area contributed by atoms with Gasteiger partial charge >= 0.3 is 0 Å². The zero-order valence-electron chi connectivity index (χ0n) is 15.9. The number of anilines is 1. The minimum absolute atomic E-state index is 0.0951. The number of hydrogen-bond donors (Lipinski definition) is 1. The van der Waals surface area contributed by atoms with Gasteiger partial charge in [-0.1, -0.05) is 31.2 Å². The maximum absolute atomic E-state index is 12.4. The van der Waals surface area contributed by atoms with Gasteiger partial charge in [0.05, 0.1) is 17.2 Å². The van der Waals surface area contributed by atoms with Crippen LogP contribution in [0, 0.1) is 0 Å². The van der Waals surface area contributed by atoms with Gasteiger partial charge in [0.2, 0.25) is 15.9 Å². The average Bonchev–Trinajstić information content (AvgIpc) is 2.66. The first-order valence-corrected chi connectivity index (χ1v) is 10.5. The van der Waals surface area contributed by atoms with Crippen LogP contribution in [0.3, 0.4) is 0 Å². The van der Waals surface area contributed by atoms with E-state index in [0.717, 1.165) is 12.0 Å². The molecule has 0 spiro atoms. The van der Waals surface area contributed by atoms with Gasteiger partial charge in [0.25, 0.3) is 0 Å². The first kappa shape index (κ1) is 20.9. The molecule has 27 heavy (non-hydrogen) atoms. The zero-order chi connectivity index (χ0) is 19.9. The van der Waals surface area contributed by atoms with E-state index in [9.17, 15) is 13.2 Å². The number of sulfonamides is 1. The van der Waals surface area contributed by atoms with Gasteiger partial charge in [-0.25, -0.2) is 13.1 Å². The van der Waals surface area contributed by atoms with Gasteiger partial charge in [0, 0.05) is 20.0 Å². The van der Waals surface area contributed by atoms with E-state index >= 15 is 0 Å². The normalized spacial score (nSPS) is 11.2. The van der Waals surface area contributed by atoms with Crippen molar-refractivity contribution in [2.45, 2.75) is 32.1 Å². The quantitative estimate of drug-likeness (QED) is 0.714. The second-order valence-electron chi connectivity index (χ2n) is 5.97. The highest BCUT2D eigenvalue weighted by Gasteiger charge is 2.18. The van der Waals surface area contributed by atoms with Crippen molar-refractivity contribution in [2.75, 3.05) is 24.6 Å². The Morgan fingerprint density at radius 3 is 2.33 bits per heavy atom. The molecule has 2 rings (SSSR count). The molecule has 146 valence electrons. The standard InChI is InChI=1S/C20H26N2O4S/c1-4-17-10-12-18(13-11-17)27(24,25)21-14-15-22(16(3)23)19-8-6-7-9-20(19)26-5-2/h6-13,21H,4-5,14-15H2,1-3H3. The summed E-state index contributed by atoms with van der Waals surface area (Å²) in [4.78, 5) is 13.8. The molecule has 7 heteroatoms. The molecule has 0 radical (unpaired) electrons. The largest absolute Gasteiger partial charge is 0.492 e. The van der Waals surface area contributed by atoms with Crippen LogP contribution in [0.2, 0.25) is 0 Å². The molecule has 0 atom stereocenters. The Morgan fingerprint density at radius 1 is 1.07 bits per heavy atom. The first-order valence-electron chi connectivity index (χ1n) is 8.97. The predicted molar refractivity (Wildman–Crippen MR) is 107 cm³/mol. The smallest absolute Gasteiger partial charge is 0.240 e. The van der Waals surface area contributed by atoms with Crippen LogP contribution in [0.15, 0.2) is 53.4 Å². The number of ether oxygens (including phenoxy) is 1. The minimum Gasteiger partial charge on any atom is -0.492 e. The third kappa shape index (κ3) is 5.55. The molecule has 0 saturated heterocycles. The molecule has 1 amide bonds. The zero-order valence-corrected chi connectivity index (χ0v) is 16.8. The molecule has 0 bridgehead atoms.